The summed E-state index contributed by atoms with van der Waals surface area (Å²) in [4.78, 5) is 10.8. The molecule has 0 saturated heterocycles. The Bertz CT molecular complexity index is 318. The lowest BCUT2D eigenvalue weighted by molar-refractivity contribution is -0.136. The summed E-state index contributed by atoms with van der Waals surface area (Å²) >= 11 is 0. The number of hydrogen-bond acceptors (Lipinski definition) is 2. The Kier molecular flexibility index (Phi) is 8.12. The lowest BCUT2D eigenvalue weighted by atomic mass is 10.00. The predicted molar refractivity (Wildman–Crippen MR) is 72.8 cm³/mol. The molecule has 0 unspecified atom stereocenters. The quantitative estimate of drug-likeness (QED) is 0.376. The SMILES string of the molecule is C=CC(=O)OC/C=C(\C)CCC(CC)=C(C)C. The van der Waals surface area contributed by atoms with Crippen LogP contribution in [-0.2, 0) is 9.53 Å². The van der Waals surface area contributed by atoms with Crippen molar-refractivity contribution in [1.82, 2.24) is 0 Å². The van der Waals surface area contributed by atoms with Crippen molar-refractivity contribution in [3.8, 4) is 0 Å². The summed E-state index contributed by atoms with van der Waals surface area (Å²) in [5.41, 5.74) is 4.19. The van der Waals surface area contributed by atoms with Gasteiger partial charge in [-0.25, -0.2) is 4.79 Å². The summed E-state index contributed by atoms with van der Waals surface area (Å²) in [5, 5.41) is 0. The summed E-state index contributed by atoms with van der Waals surface area (Å²) in [7, 11) is 0. The maximum atomic E-state index is 10.8. The third-order valence-electron chi connectivity index (χ3n) is 2.78. The van der Waals surface area contributed by atoms with E-state index in [4.69, 9.17) is 4.74 Å². The normalized spacial score (nSPS) is 10.9. The Morgan fingerprint density at radius 3 is 2.35 bits per heavy atom. The van der Waals surface area contributed by atoms with E-state index in [-0.39, 0.29) is 5.97 Å². The molecule has 2 nitrogen and oxygen atoms in total. The molecule has 0 rings (SSSR count). The molecule has 0 aliphatic heterocycles. The number of allylic oxidation sites excluding steroid dienone is 3. The van der Waals surface area contributed by atoms with Gasteiger partial charge in [0.05, 0.1) is 0 Å². The second-order valence-electron chi connectivity index (χ2n) is 4.34. The molecule has 0 N–H and O–H groups in total. The van der Waals surface area contributed by atoms with Crippen LogP contribution in [-0.4, -0.2) is 12.6 Å². The highest BCUT2D eigenvalue weighted by molar-refractivity contribution is 5.81. The van der Waals surface area contributed by atoms with Gasteiger partial charge in [0.15, 0.2) is 0 Å². The zero-order valence-electron chi connectivity index (χ0n) is 11.5. The standard InChI is InChI=1S/C15H24O2/c1-6-14(12(3)4)9-8-13(5)10-11-17-15(16)7-2/h7,10H,2,6,8-9,11H2,1,3-5H3/b13-10+. The Morgan fingerprint density at radius 2 is 1.88 bits per heavy atom. The number of ether oxygens (including phenoxy) is 1. The van der Waals surface area contributed by atoms with Gasteiger partial charge in [-0.05, 0) is 46.1 Å². The molecule has 0 atom stereocenters. The summed E-state index contributed by atoms with van der Waals surface area (Å²) in [6.45, 7) is 12.3. The molecule has 0 aromatic heterocycles. The highest BCUT2D eigenvalue weighted by Gasteiger charge is 1.99. The van der Waals surface area contributed by atoms with Gasteiger partial charge in [-0.15, -0.1) is 0 Å². The molecule has 0 spiro atoms. The topological polar surface area (TPSA) is 26.3 Å². The second-order valence-corrected chi connectivity index (χ2v) is 4.34. The minimum atomic E-state index is -0.368. The van der Waals surface area contributed by atoms with Gasteiger partial charge in [-0.2, -0.15) is 0 Å². The van der Waals surface area contributed by atoms with E-state index in [0.717, 1.165) is 19.3 Å². The fourth-order valence-corrected chi connectivity index (χ4v) is 1.56. The van der Waals surface area contributed by atoms with Crippen molar-refractivity contribution in [1.29, 1.82) is 0 Å². The van der Waals surface area contributed by atoms with Crippen LogP contribution in [0.1, 0.15) is 47.0 Å². The average molecular weight is 236 g/mol. The van der Waals surface area contributed by atoms with E-state index < -0.39 is 0 Å². The third-order valence-corrected chi connectivity index (χ3v) is 2.78. The molecule has 2 heteroatoms. The van der Waals surface area contributed by atoms with Gasteiger partial charge in [0.25, 0.3) is 0 Å². The maximum Gasteiger partial charge on any atom is 0.330 e. The first-order chi connectivity index (χ1) is 8.01. The largest absolute Gasteiger partial charge is 0.458 e. The minimum absolute atomic E-state index is 0.340. The van der Waals surface area contributed by atoms with Crippen LogP contribution < -0.4 is 0 Å². The van der Waals surface area contributed by atoms with E-state index in [1.54, 1.807) is 0 Å². The number of esters is 1. The van der Waals surface area contributed by atoms with Gasteiger partial charge in [0.2, 0.25) is 0 Å². The number of hydrogen-bond donors (Lipinski definition) is 0. The third kappa shape index (κ3) is 7.56. The van der Waals surface area contributed by atoms with E-state index >= 15 is 0 Å². The van der Waals surface area contributed by atoms with E-state index in [2.05, 4.69) is 34.3 Å². The highest BCUT2D eigenvalue weighted by atomic mass is 16.5. The van der Waals surface area contributed by atoms with Crippen molar-refractivity contribution in [2.45, 2.75) is 47.0 Å². The van der Waals surface area contributed by atoms with Crippen molar-refractivity contribution in [3.05, 3.63) is 35.5 Å². The van der Waals surface area contributed by atoms with Crippen molar-refractivity contribution < 1.29 is 9.53 Å². The molecule has 0 radical (unpaired) electrons. The van der Waals surface area contributed by atoms with Crippen LogP contribution in [0.3, 0.4) is 0 Å². The van der Waals surface area contributed by atoms with Gasteiger partial charge in [-0.1, -0.05) is 30.2 Å². The Labute approximate surface area is 105 Å². The second kappa shape index (κ2) is 8.80. The molecule has 0 amide bonds. The summed E-state index contributed by atoms with van der Waals surface area (Å²) in [5.74, 6) is -0.368. The average Bonchev–Trinajstić information content (AvgIpc) is 2.29. The van der Waals surface area contributed by atoms with Crippen LogP contribution in [0.4, 0.5) is 0 Å². The molecule has 0 aliphatic rings. The van der Waals surface area contributed by atoms with Gasteiger partial charge in [0, 0.05) is 6.08 Å². The van der Waals surface area contributed by atoms with Crippen LogP contribution in [0.2, 0.25) is 0 Å². The fourth-order valence-electron chi connectivity index (χ4n) is 1.56. The lowest BCUT2D eigenvalue weighted by Crippen LogP contribution is -2.00. The molecule has 0 heterocycles. The van der Waals surface area contributed by atoms with Crippen LogP contribution in [0.15, 0.2) is 35.5 Å². The van der Waals surface area contributed by atoms with Crippen molar-refractivity contribution in [3.63, 3.8) is 0 Å². The highest BCUT2D eigenvalue weighted by Crippen LogP contribution is 2.17. The summed E-state index contributed by atoms with van der Waals surface area (Å²) in [6.07, 6.45) is 6.37. The smallest absolute Gasteiger partial charge is 0.330 e. The fraction of sp³-hybridized carbons (Fsp3) is 0.533. The van der Waals surface area contributed by atoms with Gasteiger partial charge in [0.1, 0.15) is 6.61 Å². The number of carbonyl (C=O) groups is 1. The van der Waals surface area contributed by atoms with Crippen molar-refractivity contribution >= 4 is 5.97 Å². The van der Waals surface area contributed by atoms with Crippen molar-refractivity contribution in [2.24, 2.45) is 0 Å². The summed E-state index contributed by atoms with van der Waals surface area (Å²) < 4.78 is 4.90. The molecule has 0 aromatic carbocycles. The van der Waals surface area contributed by atoms with Crippen LogP contribution in [0.25, 0.3) is 0 Å². The van der Waals surface area contributed by atoms with Crippen LogP contribution in [0.5, 0.6) is 0 Å². The zero-order chi connectivity index (χ0) is 13.3. The van der Waals surface area contributed by atoms with Gasteiger partial charge >= 0.3 is 5.97 Å². The van der Waals surface area contributed by atoms with E-state index in [9.17, 15) is 4.79 Å². The van der Waals surface area contributed by atoms with Crippen LogP contribution >= 0.6 is 0 Å². The molecule has 0 aromatic rings. The van der Waals surface area contributed by atoms with E-state index in [1.165, 1.54) is 22.8 Å². The first kappa shape index (κ1) is 15.7. The minimum Gasteiger partial charge on any atom is -0.458 e. The molecular formula is C15H24O2. The molecule has 0 aliphatic carbocycles. The number of rotatable bonds is 7. The molecule has 0 saturated carbocycles. The monoisotopic (exact) mass is 236 g/mol. The zero-order valence-corrected chi connectivity index (χ0v) is 11.5. The van der Waals surface area contributed by atoms with Gasteiger partial charge in [-0.3, -0.25) is 0 Å². The molecule has 96 valence electrons. The lowest BCUT2D eigenvalue weighted by Gasteiger charge is -2.07. The Morgan fingerprint density at radius 1 is 1.24 bits per heavy atom. The number of carbonyl (C=O) groups excluding carboxylic acids is 1. The molecular weight excluding hydrogens is 212 g/mol. The first-order valence-electron chi connectivity index (χ1n) is 6.11. The van der Waals surface area contributed by atoms with Crippen LogP contribution in [0, 0.1) is 0 Å². The summed E-state index contributed by atoms with van der Waals surface area (Å²) in [6, 6.07) is 0. The molecule has 17 heavy (non-hydrogen) atoms. The van der Waals surface area contributed by atoms with Crippen molar-refractivity contribution in [2.75, 3.05) is 6.61 Å². The molecule has 0 fully saturated rings. The first-order valence-corrected chi connectivity index (χ1v) is 6.11. The maximum absolute atomic E-state index is 10.8. The molecule has 0 bridgehead atoms. The Balaban J connectivity index is 4.05. The van der Waals surface area contributed by atoms with Gasteiger partial charge < -0.3 is 4.74 Å². The predicted octanol–water partition coefficient (Wildman–Crippen LogP) is 4.19. The van der Waals surface area contributed by atoms with E-state index in [1.807, 2.05) is 6.08 Å². The van der Waals surface area contributed by atoms with E-state index in [0.29, 0.717) is 6.61 Å². The Hall–Kier alpha value is -1.31.